The lowest BCUT2D eigenvalue weighted by Gasteiger charge is -2.07. The molecule has 0 atom stereocenters. The summed E-state index contributed by atoms with van der Waals surface area (Å²) >= 11 is 0. The highest BCUT2D eigenvalue weighted by molar-refractivity contribution is 7.92. The Balaban J connectivity index is 2.37. The summed E-state index contributed by atoms with van der Waals surface area (Å²) in [6.07, 6.45) is 2.45. The van der Waals surface area contributed by atoms with Crippen molar-refractivity contribution in [3.05, 3.63) is 29.8 Å². The third-order valence-electron chi connectivity index (χ3n) is 2.78. The van der Waals surface area contributed by atoms with Gasteiger partial charge in [0.25, 0.3) is 0 Å². The van der Waals surface area contributed by atoms with E-state index in [0.717, 1.165) is 11.8 Å². The molecule has 0 aliphatic rings. The smallest absolute Gasteiger partial charge is 0.229 e. The van der Waals surface area contributed by atoms with Crippen LogP contribution in [0.5, 0.6) is 0 Å². The first kappa shape index (κ1) is 18.9. The van der Waals surface area contributed by atoms with Gasteiger partial charge in [-0.15, -0.1) is 0 Å². The molecule has 1 rings (SSSR count). The van der Waals surface area contributed by atoms with Crippen LogP contribution >= 0.6 is 0 Å². The van der Waals surface area contributed by atoms with Crippen LogP contribution in [-0.2, 0) is 31.2 Å². The molecule has 0 saturated heterocycles. The van der Waals surface area contributed by atoms with Gasteiger partial charge in [-0.2, -0.15) is 0 Å². The molecule has 1 aromatic carbocycles. The second kappa shape index (κ2) is 8.47. The van der Waals surface area contributed by atoms with Crippen molar-refractivity contribution in [2.45, 2.75) is 12.8 Å². The maximum Gasteiger partial charge on any atom is 0.229 e. The number of hydrogen-bond acceptors (Lipinski definition) is 5. The molecule has 0 fully saturated rings. The number of hydrogen-bond donors (Lipinski definition) is 2. The van der Waals surface area contributed by atoms with Crippen LogP contribution in [0.15, 0.2) is 24.3 Å². The van der Waals surface area contributed by atoms with Gasteiger partial charge in [0, 0.05) is 19.3 Å². The van der Waals surface area contributed by atoms with E-state index in [2.05, 4.69) is 9.44 Å². The molecule has 22 heavy (non-hydrogen) atoms. The molecule has 0 aliphatic heterocycles. The van der Waals surface area contributed by atoms with E-state index < -0.39 is 20.0 Å². The largest absolute Gasteiger partial charge is 0.384 e. The topological polar surface area (TPSA) is 102 Å². The molecule has 0 heterocycles. The van der Waals surface area contributed by atoms with Crippen molar-refractivity contribution in [2.24, 2.45) is 0 Å². The van der Waals surface area contributed by atoms with Gasteiger partial charge in [0.05, 0.1) is 18.6 Å². The van der Waals surface area contributed by atoms with E-state index in [0.29, 0.717) is 25.1 Å². The van der Waals surface area contributed by atoms with E-state index >= 15 is 0 Å². The van der Waals surface area contributed by atoms with E-state index in [1.807, 2.05) is 12.1 Å². The summed E-state index contributed by atoms with van der Waals surface area (Å²) in [7, 11) is -5.09. The number of nitrogens with one attached hydrogen (secondary N) is 2. The van der Waals surface area contributed by atoms with Crippen LogP contribution in [0.4, 0.5) is 5.69 Å². The highest BCUT2D eigenvalue weighted by atomic mass is 32.2. The molecule has 2 N–H and O–H groups in total. The lowest BCUT2D eigenvalue weighted by atomic mass is 10.1. The molecule has 0 spiro atoms. The molecule has 9 heteroatoms. The first-order chi connectivity index (χ1) is 10.2. The SMILES string of the molecule is COCCS(=O)(=O)NCCCc1ccc(NS(C)(=O)=O)cc1. The second-order valence-corrected chi connectivity index (χ2v) is 8.56. The second-order valence-electron chi connectivity index (χ2n) is 4.88. The number of sulfonamides is 2. The quantitative estimate of drug-likeness (QED) is 0.600. The van der Waals surface area contributed by atoms with Crippen LogP contribution in [0.1, 0.15) is 12.0 Å². The van der Waals surface area contributed by atoms with Crippen molar-refractivity contribution in [2.75, 3.05) is 37.0 Å². The predicted molar refractivity (Wildman–Crippen MR) is 86.9 cm³/mol. The third-order valence-corrected chi connectivity index (χ3v) is 4.73. The minimum Gasteiger partial charge on any atom is -0.384 e. The molecule has 0 amide bonds. The number of rotatable bonds is 10. The van der Waals surface area contributed by atoms with E-state index in [4.69, 9.17) is 4.74 Å². The summed E-state index contributed by atoms with van der Waals surface area (Å²) in [5, 5.41) is 0. The first-order valence-electron chi connectivity index (χ1n) is 6.75. The zero-order chi connectivity index (χ0) is 16.6. The van der Waals surface area contributed by atoms with E-state index in [1.165, 1.54) is 7.11 Å². The maximum absolute atomic E-state index is 11.5. The number of benzene rings is 1. The van der Waals surface area contributed by atoms with Gasteiger partial charge in [0.2, 0.25) is 20.0 Å². The zero-order valence-corrected chi connectivity index (χ0v) is 14.3. The van der Waals surface area contributed by atoms with Gasteiger partial charge >= 0.3 is 0 Å². The normalized spacial score (nSPS) is 12.3. The lowest BCUT2D eigenvalue weighted by Crippen LogP contribution is -2.29. The minimum absolute atomic E-state index is 0.0463. The van der Waals surface area contributed by atoms with Crippen LogP contribution < -0.4 is 9.44 Å². The molecular weight excluding hydrogens is 328 g/mol. The molecule has 7 nitrogen and oxygen atoms in total. The third kappa shape index (κ3) is 8.32. The first-order valence-corrected chi connectivity index (χ1v) is 10.3. The van der Waals surface area contributed by atoms with Gasteiger partial charge in [-0.1, -0.05) is 12.1 Å². The van der Waals surface area contributed by atoms with E-state index in [9.17, 15) is 16.8 Å². The monoisotopic (exact) mass is 350 g/mol. The highest BCUT2D eigenvalue weighted by Crippen LogP contribution is 2.12. The van der Waals surface area contributed by atoms with Gasteiger partial charge in [-0.3, -0.25) is 4.72 Å². The Morgan fingerprint density at radius 1 is 1.09 bits per heavy atom. The van der Waals surface area contributed by atoms with Crippen molar-refractivity contribution in [1.82, 2.24) is 4.72 Å². The van der Waals surface area contributed by atoms with Crippen LogP contribution in [0, 0.1) is 0 Å². The van der Waals surface area contributed by atoms with Gasteiger partial charge < -0.3 is 4.74 Å². The Bertz CT molecular complexity index is 654. The molecule has 0 bridgehead atoms. The van der Waals surface area contributed by atoms with E-state index in [-0.39, 0.29) is 12.4 Å². The summed E-state index contributed by atoms with van der Waals surface area (Å²) < 4.78 is 54.8. The van der Waals surface area contributed by atoms with Crippen molar-refractivity contribution in [3.8, 4) is 0 Å². The van der Waals surface area contributed by atoms with Gasteiger partial charge in [-0.25, -0.2) is 21.6 Å². The molecule has 126 valence electrons. The Morgan fingerprint density at radius 2 is 1.73 bits per heavy atom. The number of ether oxygens (including phenoxy) is 1. The fraction of sp³-hybridized carbons (Fsp3) is 0.538. The summed E-state index contributed by atoms with van der Waals surface area (Å²) in [4.78, 5) is 0. The van der Waals surface area contributed by atoms with Crippen LogP contribution in [0.25, 0.3) is 0 Å². The van der Waals surface area contributed by atoms with Gasteiger partial charge in [0.15, 0.2) is 0 Å². The minimum atomic E-state index is -3.28. The Labute approximate surface area is 132 Å². The average molecular weight is 350 g/mol. The van der Waals surface area contributed by atoms with Crippen molar-refractivity contribution >= 4 is 25.7 Å². The molecular formula is C13H22N2O5S2. The van der Waals surface area contributed by atoms with Crippen molar-refractivity contribution < 1.29 is 21.6 Å². The summed E-state index contributed by atoms with van der Waals surface area (Å²) in [5.74, 6) is -0.0463. The van der Waals surface area contributed by atoms with Crippen molar-refractivity contribution in [1.29, 1.82) is 0 Å². The summed E-state index contributed by atoms with van der Waals surface area (Å²) in [5.41, 5.74) is 1.52. The van der Waals surface area contributed by atoms with Gasteiger partial charge in [-0.05, 0) is 30.5 Å². The fourth-order valence-electron chi connectivity index (χ4n) is 1.74. The number of anilines is 1. The fourth-order valence-corrected chi connectivity index (χ4v) is 3.29. The molecule has 0 radical (unpaired) electrons. The Hall–Kier alpha value is -1.16. The molecule has 1 aromatic rings. The number of aryl methyl sites for hydroxylation is 1. The summed E-state index contributed by atoms with van der Waals surface area (Å²) in [6.45, 7) is 0.527. The molecule has 0 saturated carbocycles. The number of methoxy groups -OCH3 is 1. The van der Waals surface area contributed by atoms with Crippen LogP contribution in [0.3, 0.4) is 0 Å². The molecule has 0 unspecified atom stereocenters. The van der Waals surface area contributed by atoms with Crippen LogP contribution in [-0.4, -0.2) is 49.1 Å². The predicted octanol–water partition coefficient (Wildman–Crippen LogP) is 0.557. The average Bonchev–Trinajstić information content (AvgIpc) is 2.42. The van der Waals surface area contributed by atoms with Crippen molar-refractivity contribution in [3.63, 3.8) is 0 Å². The standard InChI is InChI=1S/C13H22N2O5S2/c1-20-10-11-22(18,19)14-9-3-4-12-5-7-13(8-6-12)15-21(2,16)17/h5-8,14-15H,3-4,9-11H2,1-2H3. The zero-order valence-electron chi connectivity index (χ0n) is 12.7. The molecule has 0 aliphatic carbocycles. The Kier molecular flexibility index (Phi) is 7.27. The molecule has 0 aromatic heterocycles. The maximum atomic E-state index is 11.5. The van der Waals surface area contributed by atoms with Crippen LogP contribution in [0.2, 0.25) is 0 Å². The van der Waals surface area contributed by atoms with E-state index in [1.54, 1.807) is 12.1 Å². The lowest BCUT2D eigenvalue weighted by molar-refractivity contribution is 0.217. The summed E-state index contributed by atoms with van der Waals surface area (Å²) in [6, 6.07) is 6.98. The highest BCUT2D eigenvalue weighted by Gasteiger charge is 2.08. The Morgan fingerprint density at radius 3 is 2.27 bits per heavy atom. The van der Waals surface area contributed by atoms with Gasteiger partial charge in [0.1, 0.15) is 0 Å².